The van der Waals surface area contributed by atoms with E-state index in [0.29, 0.717) is 10.6 Å². The van der Waals surface area contributed by atoms with E-state index in [1.54, 1.807) is 14.2 Å². The third-order valence-corrected chi connectivity index (χ3v) is 3.68. The van der Waals surface area contributed by atoms with E-state index in [2.05, 4.69) is 20.9 Å². The number of nitrogens with two attached hydrogens (primary N) is 1. The fourth-order valence-electron chi connectivity index (χ4n) is 2.12. The number of aromatic nitrogens is 2. The Morgan fingerprint density at radius 2 is 1.95 bits per heavy atom. The van der Waals surface area contributed by atoms with Crippen LogP contribution in [0, 0.1) is 6.92 Å². The van der Waals surface area contributed by atoms with Gasteiger partial charge in [-0.1, -0.05) is 0 Å². The number of imidazole rings is 1. The average Bonchev–Trinajstić information content (AvgIpc) is 2.63. The molecule has 1 aromatic carbocycles. The molecule has 2 aromatic rings. The molecule has 19 heavy (non-hydrogen) atoms. The summed E-state index contributed by atoms with van der Waals surface area (Å²) >= 11 is 3.43. The summed E-state index contributed by atoms with van der Waals surface area (Å²) < 4.78 is 13.3. The Labute approximate surface area is 120 Å². The molecule has 0 aliphatic rings. The van der Waals surface area contributed by atoms with E-state index in [9.17, 15) is 0 Å². The van der Waals surface area contributed by atoms with Crippen molar-refractivity contribution in [3.05, 3.63) is 22.3 Å². The van der Waals surface area contributed by atoms with Gasteiger partial charge in [-0.05, 0) is 35.0 Å². The summed E-state index contributed by atoms with van der Waals surface area (Å²) in [6.45, 7) is 1.95. The van der Waals surface area contributed by atoms with Gasteiger partial charge in [-0.3, -0.25) is 0 Å². The molecule has 2 rings (SSSR count). The van der Waals surface area contributed by atoms with Gasteiger partial charge in [0.15, 0.2) is 0 Å². The van der Waals surface area contributed by atoms with Gasteiger partial charge in [0.05, 0.1) is 19.9 Å². The molecular formula is C13H16BrN3O2. The van der Waals surface area contributed by atoms with Crippen molar-refractivity contribution in [1.29, 1.82) is 0 Å². The van der Waals surface area contributed by atoms with Crippen LogP contribution in [-0.4, -0.2) is 23.8 Å². The van der Waals surface area contributed by atoms with Gasteiger partial charge in [0.25, 0.3) is 0 Å². The number of rotatable bonds is 3. The Balaban J connectivity index is 2.72. The van der Waals surface area contributed by atoms with Crippen LogP contribution in [0.4, 0.5) is 5.95 Å². The van der Waals surface area contributed by atoms with Gasteiger partial charge in [-0.25, -0.2) is 4.98 Å². The maximum Gasteiger partial charge on any atom is 0.201 e. The predicted molar refractivity (Wildman–Crippen MR) is 78.6 cm³/mol. The first-order valence-corrected chi connectivity index (χ1v) is 6.50. The van der Waals surface area contributed by atoms with Gasteiger partial charge >= 0.3 is 0 Å². The Morgan fingerprint density at radius 1 is 1.26 bits per heavy atom. The third-order valence-electron chi connectivity index (χ3n) is 3.12. The Morgan fingerprint density at radius 3 is 2.42 bits per heavy atom. The number of halogens is 1. The fraction of sp³-hybridized carbons (Fsp3) is 0.308. The van der Waals surface area contributed by atoms with Gasteiger partial charge in [-0.2, -0.15) is 0 Å². The number of hydrogen-bond donors (Lipinski definition) is 1. The highest BCUT2D eigenvalue weighted by molar-refractivity contribution is 9.10. The van der Waals surface area contributed by atoms with E-state index in [1.807, 2.05) is 30.7 Å². The molecular weight excluding hydrogens is 310 g/mol. The topological polar surface area (TPSA) is 62.3 Å². The molecule has 5 nitrogen and oxygen atoms in total. The maximum absolute atomic E-state index is 5.82. The molecule has 0 aliphatic carbocycles. The van der Waals surface area contributed by atoms with Crippen LogP contribution in [0.25, 0.3) is 11.3 Å². The van der Waals surface area contributed by atoms with E-state index in [1.165, 1.54) is 0 Å². The maximum atomic E-state index is 5.82. The molecule has 0 atom stereocenters. The zero-order chi connectivity index (χ0) is 14.2. The summed E-state index contributed by atoms with van der Waals surface area (Å²) in [5.41, 5.74) is 8.55. The Hall–Kier alpha value is -1.69. The van der Waals surface area contributed by atoms with Crippen LogP contribution in [0.15, 0.2) is 16.7 Å². The number of anilines is 1. The molecule has 102 valence electrons. The summed E-state index contributed by atoms with van der Waals surface area (Å²) in [5.74, 6) is 1.98. The highest BCUT2D eigenvalue weighted by Crippen LogP contribution is 2.40. The number of nitrogens with zero attached hydrogens (tertiary/aromatic N) is 2. The van der Waals surface area contributed by atoms with Crippen molar-refractivity contribution in [1.82, 2.24) is 9.55 Å². The van der Waals surface area contributed by atoms with Crippen molar-refractivity contribution >= 4 is 21.9 Å². The first-order valence-electron chi connectivity index (χ1n) is 5.70. The Bertz CT molecular complexity index is 623. The second-order valence-electron chi connectivity index (χ2n) is 4.14. The molecule has 0 saturated heterocycles. The molecule has 2 N–H and O–H groups in total. The zero-order valence-electron chi connectivity index (χ0n) is 11.3. The molecule has 6 heteroatoms. The summed E-state index contributed by atoms with van der Waals surface area (Å²) in [6.07, 6.45) is 0. The van der Waals surface area contributed by atoms with Crippen LogP contribution in [0.3, 0.4) is 0 Å². The standard InChI is InChI=1S/C13H16BrN3O2/c1-7-9(18-3)6-5-8(11(7)19-4)10-12(14)16-13(15)17(10)2/h5-6H,1-4H3,(H2,15,16). The summed E-state index contributed by atoms with van der Waals surface area (Å²) in [5, 5.41) is 0. The average molecular weight is 326 g/mol. The van der Waals surface area contributed by atoms with Crippen molar-refractivity contribution in [2.75, 3.05) is 20.0 Å². The molecule has 0 spiro atoms. The zero-order valence-corrected chi connectivity index (χ0v) is 12.9. The van der Waals surface area contributed by atoms with E-state index in [-0.39, 0.29) is 0 Å². The molecule has 0 amide bonds. The molecule has 0 unspecified atom stereocenters. The summed E-state index contributed by atoms with van der Waals surface area (Å²) in [7, 11) is 5.14. The molecule has 1 aromatic heterocycles. The van der Waals surface area contributed by atoms with Crippen molar-refractivity contribution in [3.8, 4) is 22.8 Å². The van der Waals surface area contributed by atoms with Gasteiger partial charge in [0.1, 0.15) is 16.1 Å². The quantitative estimate of drug-likeness (QED) is 0.942. The minimum atomic E-state index is 0.442. The predicted octanol–water partition coefficient (Wildman–Crippen LogP) is 2.76. The molecule has 0 saturated carbocycles. The van der Waals surface area contributed by atoms with Crippen molar-refractivity contribution in [2.45, 2.75) is 6.92 Å². The first-order chi connectivity index (χ1) is 9.01. The van der Waals surface area contributed by atoms with Gasteiger partial charge in [0, 0.05) is 18.2 Å². The lowest BCUT2D eigenvalue weighted by molar-refractivity contribution is 0.389. The number of benzene rings is 1. The number of nitrogen functional groups attached to an aromatic ring is 1. The fourth-order valence-corrected chi connectivity index (χ4v) is 2.78. The number of methoxy groups -OCH3 is 2. The van der Waals surface area contributed by atoms with Crippen molar-refractivity contribution in [2.24, 2.45) is 7.05 Å². The minimum absolute atomic E-state index is 0.442. The van der Waals surface area contributed by atoms with Crippen LogP contribution < -0.4 is 15.2 Å². The summed E-state index contributed by atoms with van der Waals surface area (Å²) in [6, 6.07) is 3.84. The highest BCUT2D eigenvalue weighted by atomic mass is 79.9. The smallest absolute Gasteiger partial charge is 0.201 e. The van der Waals surface area contributed by atoms with E-state index in [4.69, 9.17) is 15.2 Å². The van der Waals surface area contributed by atoms with E-state index in [0.717, 1.165) is 28.3 Å². The SMILES string of the molecule is COc1ccc(-c2c(Br)nc(N)n2C)c(OC)c1C. The molecule has 0 radical (unpaired) electrons. The van der Waals surface area contributed by atoms with E-state index < -0.39 is 0 Å². The summed E-state index contributed by atoms with van der Waals surface area (Å²) in [4.78, 5) is 4.21. The minimum Gasteiger partial charge on any atom is -0.496 e. The second-order valence-corrected chi connectivity index (χ2v) is 4.89. The van der Waals surface area contributed by atoms with Crippen molar-refractivity contribution < 1.29 is 9.47 Å². The lowest BCUT2D eigenvalue weighted by Gasteiger charge is -2.15. The van der Waals surface area contributed by atoms with Gasteiger partial charge in [-0.15, -0.1) is 0 Å². The van der Waals surface area contributed by atoms with Crippen LogP contribution in [0.2, 0.25) is 0 Å². The monoisotopic (exact) mass is 325 g/mol. The second kappa shape index (κ2) is 5.13. The third kappa shape index (κ3) is 2.16. The molecule has 0 aliphatic heterocycles. The van der Waals surface area contributed by atoms with Crippen LogP contribution in [0.1, 0.15) is 5.56 Å². The lowest BCUT2D eigenvalue weighted by Crippen LogP contribution is -2.01. The number of hydrogen-bond acceptors (Lipinski definition) is 4. The largest absolute Gasteiger partial charge is 0.496 e. The normalized spacial score (nSPS) is 10.6. The number of ether oxygens (including phenoxy) is 2. The van der Waals surface area contributed by atoms with Gasteiger partial charge in [0.2, 0.25) is 5.95 Å². The van der Waals surface area contributed by atoms with Crippen LogP contribution in [-0.2, 0) is 7.05 Å². The lowest BCUT2D eigenvalue weighted by atomic mass is 10.1. The molecule has 0 fully saturated rings. The Kier molecular flexibility index (Phi) is 3.71. The molecule has 0 bridgehead atoms. The first kappa shape index (κ1) is 13.7. The van der Waals surface area contributed by atoms with Crippen molar-refractivity contribution in [3.63, 3.8) is 0 Å². The highest BCUT2D eigenvalue weighted by Gasteiger charge is 2.19. The van der Waals surface area contributed by atoms with Crippen LogP contribution >= 0.6 is 15.9 Å². The molecule has 1 heterocycles. The van der Waals surface area contributed by atoms with Crippen LogP contribution in [0.5, 0.6) is 11.5 Å². The van der Waals surface area contributed by atoms with Gasteiger partial charge < -0.3 is 19.8 Å². The van der Waals surface area contributed by atoms with E-state index >= 15 is 0 Å².